The Bertz CT molecular complexity index is 285. The molecular formula is C12H17ClO. The molecule has 0 aliphatic heterocycles. The fraction of sp³-hybridized carbons (Fsp3) is 0.500. The van der Waals surface area contributed by atoms with Gasteiger partial charge in [-0.15, -0.1) is 0 Å². The third-order valence-corrected chi connectivity index (χ3v) is 2.77. The summed E-state index contributed by atoms with van der Waals surface area (Å²) in [5.74, 6) is 0.161. The molecule has 0 spiro atoms. The minimum absolute atomic E-state index is 0.161. The standard InChI is InChI=1S/C12H17ClO/c1-3-5-12(14)9(2)10-6-4-7-11(13)8-10/h4,6-9,12,14H,3,5H2,1-2H3/t9-,12-/m1/s1. The van der Waals surface area contributed by atoms with E-state index >= 15 is 0 Å². The van der Waals surface area contributed by atoms with Gasteiger partial charge in [0, 0.05) is 10.9 Å². The van der Waals surface area contributed by atoms with Crippen molar-refractivity contribution < 1.29 is 5.11 Å². The number of aliphatic hydroxyl groups excluding tert-OH is 1. The predicted octanol–water partition coefficient (Wildman–Crippen LogP) is 3.60. The van der Waals surface area contributed by atoms with Crippen LogP contribution in [0.1, 0.15) is 38.2 Å². The van der Waals surface area contributed by atoms with Crippen LogP contribution in [0.2, 0.25) is 5.02 Å². The number of hydrogen-bond acceptors (Lipinski definition) is 1. The van der Waals surface area contributed by atoms with Crippen molar-refractivity contribution in [2.24, 2.45) is 0 Å². The van der Waals surface area contributed by atoms with Crippen LogP contribution in [0.25, 0.3) is 0 Å². The maximum absolute atomic E-state index is 9.82. The lowest BCUT2D eigenvalue weighted by molar-refractivity contribution is 0.139. The zero-order chi connectivity index (χ0) is 10.6. The third-order valence-electron chi connectivity index (χ3n) is 2.54. The molecule has 2 atom stereocenters. The Hall–Kier alpha value is -0.530. The number of rotatable bonds is 4. The Labute approximate surface area is 90.7 Å². The predicted molar refractivity (Wildman–Crippen MR) is 60.8 cm³/mol. The van der Waals surface area contributed by atoms with Crippen LogP contribution in [0, 0.1) is 0 Å². The van der Waals surface area contributed by atoms with Gasteiger partial charge in [0.1, 0.15) is 0 Å². The molecule has 0 saturated heterocycles. The smallest absolute Gasteiger partial charge is 0.0606 e. The van der Waals surface area contributed by atoms with Crippen LogP contribution in [0.3, 0.4) is 0 Å². The van der Waals surface area contributed by atoms with E-state index in [-0.39, 0.29) is 12.0 Å². The van der Waals surface area contributed by atoms with E-state index in [1.807, 2.05) is 31.2 Å². The van der Waals surface area contributed by atoms with Crippen LogP contribution >= 0.6 is 11.6 Å². The first kappa shape index (κ1) is 11.5. The van der Waals surface area contributed by atoms with E-state index in [4.69, 9.17) is 11.6 Å². The quantitative estimate of drug-likeness (QED) is 0.809. The Kier molecular flexibility index (Phi) is 4.43. The molecule has 1 nitrogen and oxygen atoms in total. The summed E-state index contributed by atoms with van der Waals surface area (Å²) in [4.78, 5) is 0. The van der Waals surface area contributed by atoms with E-state index in [1.165, 1.54) is 0 Å². The fourth-order valence-electron chi connectivity index (χ4n) is 1.56. The summed E-state index contributed by atoms with van der Waals surface area (Å²) in [5, 5.41) is 10.6. The molecule has 0 aromatic heterocycles. The first-order chi connectivity index (χ1) is 6.65. The molecule has 14 heavy (non-hydrogen) atoms. The van der Waals surface area contributed by atoms with Gasteiger partial charge in [0.2, 0.25) is 0 Å². The van der Waals surface area contributed by atoms with Gasteiger partial charge in [-0.25, -0.2) is 0 Å². The van der Waals surface area contributed by atoms with Gasteiger partial charge in [-0.2, -0.15) is 0 Å². The molecule has 78 valence electrons. The normalized spacial score (nSPS) is 15.1. The summed E-state index contributed by atoms with van der Waals surface area (Å²) >= 11 is 5.89. The van der Waals surface area contributed by atoms with Crippen LogP contribution in [0.5, 0.6) is 0 Å². The molecule has 0 amide bonds. The van der Waals surface area contributed by atoms with Crippen molar-refractivity contribution in [2.45, 2.75) is 38.7 Å². The molecule has 0 bridgehead atoms. The molecule has 0 radical (unpaired) electrons. The number of hydrogen-bond donors (Lipinski definition) is 1. The summed E-state index contributed by atoms with van der Waals surface area (Å²) in [6.07, 6.45) is 1.58. The van der Waals surface area contributed by atoms with Gasteiger partial charge in [0.15, 0.2) is 0 Å². The van der Waals surface area contributed by atoms with Crippen molar-refractivity contribution in [1.29, 1.82) is 0 Å². The van der Waals surface area contributed by atoms with Gasteiger partial charge in [-0.3, -0.25) is 0 Å². The van der Waals surface area contributed by atoms with Gasteiger partial charge >= 0.3 is 0 Å². The molecule has 1 aromatic carbocycles. The second-order valence-electron chi connectivity index (χ2n) is 3.70. The maximum Gasteiger partial charge on any atom is 0.0606 e. The van der Waals surface area contributed by atoms with Gasteiger partial charge in [-0.05, 0) is 24.1 Å². The Morgan fingerprint density at radius 3 is 2.71 bits per heavy atom. The Morgan fingerprint density at radius 1 is 1.43 bits per heavy atom. The molecule has 1 aromatic rings. The molecule has 0 aliphatic rings. The molecule has 2 heteroatoms. The first-order valence-corrected chi connectivity index (χ1v) is 5.46. The lowest BCUT2D eigenvalue weighted by Gasteiger charge is -2.18. The van der Waals surface area contributed by atoms with Crippen LogP contribution in [-0.4, -0.2) is 11.2 Å². The van der Waals surface area contributed by atoms with Crippen molar-refractivity contribution in [1.82, 2.24) is 0 Å². The second kappa shape index (κ2) is 5.38. The molecule has 1 N–H and O–H groups in total. The zero-order valence-electron chi connectivity index (χ0n) is 8.70. The van der Waals surface area contributed by atoms with Gasteiger partial charge < -0.3 is 5.11 Å². The highest BCUT2D eigenvalue weighted by Crippen LogP contribution is 2.24. The van der Waals surface area contributed by atoms with E-state index in [0.717, 1.165) is 23.4 Å². The zero-order valence-corrected chi connectivity index (χ0v) is 9.46. The van der Waals surface area contributed by atoms with E-state index in [9.17, 15) is 5.11 Å². The van der Waals surface area contributed by atoms with Gasteiger partial charge in [-0.1, -0.05) is 44.0 Å². The molecule has 0 saturated carbocycles. The lowest BCUT2D eigenvalue weighted by Crippen LogP contribution is -2.15. The van der Waals surface area contributed by atoms with Crippen molar-refractivity contribution in [3.63, 3.8) is 0 Å². The number of halogens is 1. The topological polar surface area (TPSA) is 20.2 Å². The highest BCUT2D eigenvalue weighted by atomic mass is 35.5. The van der Waals surface area contributed by atoms with Gasteiger partial charge in [0.25, 0.3) is 0 Å². The highest BCUT2D eigenvalue weighted by Gasteiger charge is 2.15. The minimum atomic E-state index is -0.265. The third kappa shape index (κ3) is 3.00. The van der Waals surface area contributed by atoms with Crippen LogP contribution in [0.15, 0.2) is 24.3 Å². The fourth-order valence-corrected chi connectivity index (χ4v) is 1.76. The van der Waals surface area contributed by atoms with Crippen LogP contribution in [-0.2, 0) is 0 Å². The number of aliphatic hydroxyl groups is 1. The Morgan fingerprint density at radius 2 is 2.14 bits per heavy atom. The number of benzene rings is 1. The molecule has 0 fully saturated rings. The molecule has 0 unspecified atom stereocenters. The molecular weight excluding hydrogens is 196 g/mol. The summed E-state index contributed by atoms with van der Waals surface area (Å²) < 4.78 is 0. The monoisotopic (exact) mass is 212 g/mol. The largest absolute Gasteiger partial charge is 0.393 e. The van der Waals surface area contributed by atoms with Gasteiger partial charge in [0.05, 0.1) is 6.10 Å². The van der Waals surface area contributed by atoms with Crippen molar-refractivity contribution >= 4 is 11.6 Å². The molecule has 1 rings (SSSR count). The Balaban J connectivity index is 2.73. The molecule has 0 heterocycles. The minimum Gasteiger partial charge on any atom is -0.393 e. The summed E-state index contributed by atoms with van der Waals surface area (Å²) in [6.45, 7) is 4.11. The van der Waals surface area contributed by atoms with E-state index in [2.05, 4.69) is 6.92 Å². The van der Waals surface area contributed by atoms with E-state index < -0.39 is 0 Å². The average molecular weight is 213 g/mol. The first-order valence-electron chi connectivity index (χ1n) is 5.08. The average Bonchev–Trinajstić information content (AvgIpc) is 2.17. The lowest BCUT2D eigenvalue weighted by atomic mass is 9.93. The summed E-state index contributed by atoms with van der Waals surface area (Å²) in [5.41, 5.74) is 1.11. The van der Waals surface area contributed by atoms with E-state index in [1.54, 1.807) is 0 Å². The van der Waals surface area contributed by atoms with Crippen molar-refractivity contribution in [3.8, 4) is 0 Å². The van der Waals surface area contributed by atoms with Crippen LogP contribution in [0.4, 0.5) is 0 Å². The second-order valence-corrected chi connectivity index (χ2v) is 4.14. The van der Waals surface area contributed by atoms with Crippen molar-refractivity contribution in [2.75, 3.05) is 0 Å². The summed E-state index contributed by atoms with van der Waals surface area (Å²) in [6, 6.07) is 7.71. The molecule has 0 aliphatic carbocycles. The maximum atomic E-state index is 9.82. The van der Waals surface area contributed by atoms with Crippen LogP contribution < -0.4 is 0 Å². The summed E-state index contributed by atoms with van der Waals surface area (Å²) in [7, 11) is 0. The highest BCUT2D eigenvalue weighted by molar-refractivity contribution is 6.30. The van der Waals surface area contributed by atoms with E-state index in [0.29, 0.717) is 0 Å². The van der Waals surface area contributed by atoms with Crippen molar-refractivity contribution in [3.05, 3.63) is 34.9 Å². The SMILES string of the molecule is CCC[C@@H](O)[C@H](C)c1cccc(Cl)c1.